The third-order valence-electron chi connectivity index (χ3n) is 6.53. The molecule has 0 bridgehead atoms. The van der Waals surface area contributed by atoms with Crippen LogP contribution in [0, 0.1) is 5.82 Å². The van der Waals surface area contributed by atoms with Crippen LogP contribution >= 0.6 is 0 Å². The van der Waals surface area contributed by atoms with Crippen molar-refractivity contribution in [2.45, 2.75) is 51.1 Å². The van der Waals surface area contributed by atoms with Crippen LogP contribution in [0.4, 0.5) is 4.39 Å². The minimum absolute atomic E-state index is 0.0347. The van der Waals surface area contributed by atoms with Crippen molar-refractivity contribution in [2.24, 2.45) is 0 Å². The van der Waals surface area contributed by atoms with Gasteiger partial charge in [-0.3, -0.25) is 38.7 Å². The van der Waals surface area contributed by atoms with E-state index in [0.29, 0.717) is 0 Å². The van der Waals surface area contributed by atoms with Crippen molar-refractivity contribution in [2.75, 3.05) is 26.2 Å². The van der Waals surface area contributed by atoms with E-state index in [9.17, 15) is 28.4 Å². The standard InChI is InChI=1S/C23H26FN3O6/c1-14(25-10-3-2-4-11-25)23(32)33-13-12-26-18(28)9-8-17(21(26)30)27-20(29)15-6-5-7-16(24)19(15)22(27)31/h5-7,14,17H,2-4,8-13H2,1H3/t14-,17?/m0/s1. The first-order valence-electron chi connectivity index (χ1n) is 11.2. The Balaban J connectivity index is 1.39. The number of piperidine rings is 2. The van der Waals surface area contributed by atoms with E-state index in [1.54, 1.807) is 6.92 Å². The molecule has 3 aliphatic rings. The highest BCUT2D eigenvalue weighted by Crippen LogP contribution is 2.30. The molecule has 33 heavy (non-hydrogen) atoms. The highest BCUT2D eigenvalue weighted by atomic mass is 19.1. The van der Waals surface area contributed by atoms with Gasteiger partial charge in [0.15, 0.2) is 0 Å². The summed E-state index contributed by atoms with van der Waals surface area (Å²) in [7, 11) is 0. The lowest BCUT2D eigenvalue weighted by atomic mass is 10.0. The van der Waals surface area contributed by atoms with Gasteiger partial charge in [0.05, 0.1) is 17.7 Å². The van der Waals surface area contributed by atoms with Gasteiger partial charge in [0.2, 0.25) is 5.91 Å². The lowest BCUT2D eigenvalue weighted by Crippen LogP contribution is -2.56. The first-order valence-corrected chi connectivity index (χ1v) is 11.2. The van der Waals surface area contributed by atoms with E-state index in [0.717, 1.165) is 48.2 Å². The smallest absolute Gasteiger partial charge is 0.323 e. The largest absolute Gasteiger partial charge is 0.463 e. The van der Waals surface area contributed by atoms with E-state index < -0.39 is 47.5 Å². The quantitative estimate of drug-likeness (QED) is 0.467. The molecule has 9 nitrogen and oxygen atoms in total. The van der Waals surface area contributed by atoms with E-state index in [4.69, 9.17) is 4.74 Å². The van der Waals surface area contributed by atoms with Crippen LogP contribution in [0.2, 0.25) is 0 Å². The summed E-state index contributed by atoms with van der Waals surface area (Å²) in [6, 6.07) is 2.10. The zero-order chi connectivity index (χ0) is 23.7. The van der Waals surface area contributed by atoms with Gasteiger partial charge < -0.3 is 4.74 Å². The SMILES string of the molecule is C[C@@H](C(=O)OCCN1C(=O)CCC(N2C(=O)c3cccc(F)c3C2=O)C1=O)N1CCCCC1. The van der Waals surface area contributed by atoms with Gasteiger partial charge in [-0.1, -0.05) is 12.5 Å². The summed E-state index contributed by atoms with van der Waals surface area (Å²) in [5.41, 5.74) is -0.462. The van der Waals surface area contributed by atoms with E-state index in [1.807, 2.05) is 4.90 Å². The number of nitrogens with zero attached hydrogens (tertiary/aromatic N) is 3. The van der Waals surface area contributed by atoms with Crippen molar-refractivity contribution in [3.05, 3.63) is 35.1 Å². The molecular weight excluding hydrogens is 433 g/mol. The van der Waals surface area contributed by atoms with Crippen molar-refractivity contribution in [1.29, 1.82) is 0 Å². The highest BCUT2D eigenvalue weighted by Gasteiger charge is 2.47. The van der Waals surface area contributed by atoms with Gasteiger partial charge in [-0.05, 0) is 51.4 Å². The van der Waals surface area contributed by atoms with Crippen LogP contribution in [0.3, 0.4) is 0 Å². The first-order chi connectivity index (χ1) is 15.8. The zero-order valence-corrected chi connectivity index (χ0v) is 18.4. The van der Waals surface area contributed by atoms with Gasteiger partial charge in [0, 0.05) is 6.42 Å². The Kier molecular flexibility index (Phi) is 6.55. The van der Waals surface area contributed by atoms with E-state index in [-0.39, 0.29) is 37.1 Å². The Morgan fingerprint density at radius 2 is 1.85 bits per heavy atom. The molecule has 2 atom stereocenters. The van der Waals surface area contributed by atoms with Gasteiger partial charge in [0.25, 0.3) is 17.7 Å². The monoisotopic (exact) mass is 459 g/mol. The molecule has 3 aliphatic heterocycles. The van der Waals surface area contributed by atoms with Crippen LogP contribution in [0.25, 0.3) is 0 Å². The maximum absolute atomic E-state index is 14.1. The van der Waals surface area contributed by atoms with Gasteiger partial charge in [-0.25, -0.2) is 4.39 Å². The summed E-state index contributed by atoms with van der Waals surface area (Å²) >= 11 is 0. The molecule has 2 fully saturated rings. The summed E-state index contributed by atoms with van der Waals surface area (Å²) in [4.78, 5) is 66.9. The molecular formula is C23H26FN3O6. The summed E-state index contributed by atoms with van der Waals surface area (Å²) < 4.78 is 19.4. The molecule has 1 aromatic rings. The minimum Gasteiger partial charge on any atom is -0.463 e. The lowest BCUT2D eigenvalue weighted by Gasteiger charge is -2.34. The van der Waals surface area contributed by atoms with Crippen molar-refractivity contribution in [3.8, 4) is 0 Å². The van der Waals surface area contributed by atoms with E-state index >= 15 is 0 Å². The fourth-order valence-corrected chi connectivity index (χ4v) is 4.65. The second-order valence-electron chi connectivity index (χ2n) is 8.52. The third kappa shape index (κ3) is 4.27. The number of fused-ring (bicyclic) bond motifs is 1. The Hall–Kier alpha value is -3.14. The molecule has 176 valence electrons. The normalized spacial score (nSPS) is 22.5. The number of hydrogen-bond donors (Lipinski definition) is 0. The van der Waals surface area contributed by atoms with Crippen molar-refractivity contribution >= 4 is 29.6 Å². The number of esters is 1. The minimum atomic E-state index is -1.21. The van der Waals surface area contributed by atoms with E-state index in [2.05, 4.69) is 0 Å². The van der Waals surface area contributed by atoms with Crippen LogP contribution in [-0.2, 0) is 19.1 Å². The topological polar surface area (TPSA) is 104 Å². The number of carbonyl (C=O) groups excluding carboxylic acids is 5. The molecule has 4 rings (SSSR count). The number of likely N-dealkylation sites (tertiary alicyclic amines) is 2. The highest BCUT2D eigenvalue weighted by molar-refractivity contribution is 6.23. The van der Waals surface area contributed by atoms with Gasteiger partial charge in [0.1, 0.15) is 24.5 Å². The Morgan fingerprint density at radius 1 is 1.12 bits per heavy atom. The predicted molar refractivity (Wildman–Crippen MR) is 112 cm³/mol. The molecule has 10 heteroatoms. The van der Waals surface area contributed by atoms with Gasteiger partial charge in [-0.15, -0.1) is 0 Å². The molecule has 1 unspecified atom stereocenters. The summed E-state index contributed by atoms with van der Waals surface area (Å²) in [6.45, 7) is 3.05. The third-order valence-corrected chi connectivity index (χ3v) is 6.53. The summed E-state index contributed by atoms with van der Waals surface area (Å²) in [6.07, 6.45) is 3.09. The molecule has 0 aliphatic carbocycles. The van der Waals surface area contributed by atoms with Crippen molar-refractivity contribution in [3.63, 3.8) is 0 Å². The number of amides is 4. The fraction of sp³-hybridized carbons (Fsp3) is 0.522. The summed E-state index contributed by atoms with van der Waals surface area (Å²) in [5, 5.41) is 0. The molecule has 0 N–H and O–H groups in total. The van der Waals surface area contributed by atoms with Crippen LogP contribution < -0.4 is 0 Å². The number of halogens is 1. The predicted octanol–water partition coefficient (Wildman–Crippen LogP) is 1.36. The zero-order valence-electron chi connectivity index (χ0n) is 18.4. The molecule has 0 saturated carbocycles. The van der Waals surface area contributed by atoms with Crippen LogP contribution in [0.5, 0.6) is 0 Å². The molecule has 0 radical (unpaired) electrons. The number of carbonyl (C=O) groups is 5. The Morgan fingerprint density at radius 3 is 2.55 bits per heavy atom. The fourth-order valence-electron chi connectivity index (χ4n) is 4.65. The number of hydrogen-bond acceptors (Lipinski definition) is 7. The second kappa shape index (κ2) is 9.38. The maximum Gasteiger partial charge on any atom is 0.323 e. The second-order valence-corrected chi connectivity index (χ2v) is 8.52. The Labute approximate surface area is 190 Å². The molecule has 3 heterocycles. The number of ether oxygens (including phenoxy) is 1. The lowest BCUT2D eigenvalue weighted by molar-refractivity contribution is -0.157. The molecule has 0 aromatic heterocycles. The Bertz CT molecular complexity index is 1010. The first kappa shape index (κ1) is 23.0. The van der Waals surface area contributed by atoms with Crippen molar-refractivity contribution in [1.82, 2.24) is 14.7 Å². The molecule has 4 amide bonds. The van der Waals surface area contributed by atoms with E-state index in [1.165, 1.54) is 12.1 Å². The average Bonchev–Trinajstić information content (AvgIpc) is 3.07. The van der Waals surface area contributed by atoms with Crippen LogP contribution in [0.1, 0.15) is 59.7 Å². The summed E-state index contributed by atoms with van der Waals surface area (Å²) in [5.74, 6) is -4.12. The molecule has 2 saturated heterocycles. The number of rotatable bonds is 6. The van der Waals surface area contributed by atoms with Crippen LogP contribution in [0.15, 0.2) is 18.2 Å². The molecule has 0 spiro atoms. The van der Waals surface area contributed by atoms with Gasteiger partial charge in [-0.2, -0.15) is 0 Å². The maximum atomic E-state index is 14.1. The number of imide groups is 2. The number of benzene rings is 1. The van der Waals surface area contributed by atoms with Gasteiger partial charge >= 0.3 is 5.97 Å². The average molecular weight is 459 g/mol. The van der Waals surface area contributed by atoms with Crippen LogP contribution in [-0.4, -0.2) is 82.6 Å². The molecule has 1 aromatic carbocycles. The van der Waals surface area contributed by atoms with Crippen molar-refractivity contribution < 1.29 is 33.1 Å².